The first kappa shape index (κ1) is 22.4. The standard InChI is InChI=1S/C21H23N3O6/c25-18(22-13-19(26)27)12-23-20(28)17(11-15-7-3-1-4-8-15)24-21(29)30-14-16-9-5-2-6-10-16/h1-10,17H,11-14H2,(H,22,25)(H,23,28)(H,24,29)(H,26,27)/p-1/t17-/m0/s1. The zero-order chi connectivity index (χ0) is 21.8. The van der Waals surface area contributed by atoms with Crippen LogP contribution in [0.2, 0.25) is 0 Å². The molecular formula is C21H22N3O6-. The average molecular weight is 412 g/mol. The molecule has 0 saturated carbocycles. The summed E-state index contributed by atoms with van der Waals surface area (Å²) in [6.07, 6.45) is -0.607. The minimum absolute atomic E-state index is 0.0397. The second-order valence-corrected chi connectivity index (χ2v) is 6.31. The van der Waals surface area contributed by atoms with E-state index in [0.717, 1.165) is 11.1 Å². The number of carboxylic acids is 1. The maximum Gasteiger partial charge on any atom is 0.408 e. The minimum Gasteiger partial charge on any atom is -0.548 e. The number of alkyl carbamates (subject to hydrolysis) is 1. The van der Waals surface area contributed by atoms with Crippen LogP contribution < -0.4 is 21.1 Å². The van der Waals surface area contributed by atoms with Gasteiger partial charge in [-0.1, -0.05) is 60.7 Å². The first-order valence-electron chi connectivity index (χ1n) is 9.19. The predicted molar refractivity (Wildman–Crippen MR) is 105 cm³/mol. The highest BCUT2D eigenvalue weighted by molar-refractivity contribution is 5.90. The van der Waals surface area contributed by atoms with Gasteiger partial charge in [0.15, 0.2) is 0 Å². The molecule has 3 N–H and O–H groups in total. The molecule has 0 aliphatic rings. The van der Waals surface area contributed by atoms with Crippen molar-refractivity contribution in [2.24, 2.45) is 0 Å². The summed E-state index contributed by atoms with van der Waals surface area (Å²) >= 11 is 0. The molecule has 0 radical (unpaired) electrons. The maximum atomic E-state index is 12.5. The van der Waals surface area contributed by atoms with Crippen LogP contribution in [0.3, 0.4) is 0 Å². The molecule has 158 valence electrons. The van der Waals surface area contributed by atoms with Gasteiger partial charge in [0.25, 0.3) is 0 Å². The van der Waals surface area contributed by atoms with Gasteiger partial charge in [-0.15, -0.1) is 0 Å². The van der Waals surface area contributed by atoms with E-state index < -0.39 is 43.0 Å². The monoisotopic (exact) mass is 412 g/mol. The zero-order valence-corrected chi connectivity index (χ0v) is 16.1. The Morgan fingerprint density at radius 3 is 2.03 bits per heavy atom. The van der Waals surface area contributed by atoms with E-state index in [-0.39, 0.29) is 13.0 Å². The van der Waals surface area contributed by atoms with E-state index in [4.69, 9.17) is 4.74 Å². The van der Waals surface area contributed by atoms with Crippen LogP contribution in [0.5, 0.6) is 0 Å². The summed E-state index contributed by atoms with van der Waals surface area (Å²) in [7, 11) is 0. The summed E-state index contributed by atoms with van der Waals surface area (Å²) in [5.41, 5.74) is 1.59. The SMILES string of the molecule is O=C([O-])CNC(=O)CNC(=O)[C@H](Cc1ccccc1)NC(=O)OCc1ccccc1. The van der Waals surface area contributed by atoms with E-state index in [1.54, 1.807) is 36.4 Å². The molecular weight excluding hydrogens is 390 g/mol. The number of rotatable bonds is 10. The predicted octanol–water partition coefficient (Wildman–Crippen LogP) is -0.494. The van der Waals surface area contributed by atoms with Crippen molar-refractivity contribution in [1.82, 2.24) is 16.0 Å². The van der Waals surface area contributed by atoms with Crippen molar-refractivity contribution in [1.29, 1.82) is 0 Å². The Hall–Kier alpha value is -3.88. The second-order valence-electron chi connectivity index (χ2n) is 6.31. The summed E-state index contributed by atoms with van der Waals surface area (Å²) in [6.45, 7) is -1.07. The Kier molecular flexibility index (Phi) is 8.85. The van der Waals surface area contributed by atoms with E-state index in [0.29, 0.717) is 0 Å². The van der Waals surface area contributed by atoms with Gasteiger partial charge in [0.2, 0.25) is 11.8 Å². The molecule has 9 nitrogen and oxygen atoms in total. The first-order valence-corrected chi connectivity index (χ1v) is 9.19. The van der Waals surface area contributed by atoms with Crippen molar-refractivity contribution < 1.29 is 29.0 Å². The summed E-state index contributed by atoms with van der Waals surface area (Å²) in [4.78, 5) is 46.6. The Morgan fingerprint density at radius 2 is 1.43 bits per heavy atom. The molecule has 0 spiro atoms. The molecule has 0 aliphatic carbocycles. The van der Waals surface area contributed by atoms with Gasteiger partial charge in [0.05, 0.1) is 19.1 Å². The molecule has 1 atom stereocenters. The van der Waals surface area contributed by atoms with Gasteiger partial charge in [0, 0.05) is 6.42 Å². The van der Waals surface area contributed by atoms with E-state index in [1.807, 2.05) is 24.3 Å². The largest absolute Gasteiger partial charge is 0.548 e. The second kappa shape index (κ2) is 11.8. The molecule has 0 aromatic heterocycles. The molecule has 3 amide bonds. The van der Waals surface area contributed by atoms with Crippen molar-refractivity contribution in [3.8, 4) is 0 Å². The summed E-state index contributed by atoms with van der Waals surface area (Å²) < 4.78 is 5.16. The van der Waals surface area contributed by atoms with Crippen LogP contribution in [-0.4, -0.2) is 43.0 Å². The lowest BCUT2D eigenvalue weighted by atomic mass is 10.1. The lowest BCUT2D eigenvalue weighted by molar-refractivity contribution is -0.304. The van der Waals surface area contributed by atoms with Crippen LogP contribution >= 0.6 is 0 Å². The normalized spacial score (nSPS) is 11.1. The van der Waals surface area contributed by atoms with Crippen LogP contribution in [0.15, 0.2) is 60.7 Å². The summed E-state index contributed by atoms with van der Waals surface area (Å²) in [6, 6.07) is 17.1. The van der Waals surface area contributed by atoms with E-state index in [9.17, 15) is 24.3 Å². The van der Waals surface area contributed by atoms with Crippen molar-refractivity contribution in [2.45, 2.75) is 19.1 Å². The lowest BCUT2D eigenvalue weighted by Crippen LogP contribution is -2.50. The van der Waals surface area contributed by atoms with E-state index in [1.165, 1.54) is 0 Å². The van der Waals surface area contributed by atoms with Gasteiger partial charge >= 0.3 is 6.09 Å². The number of hydrogen-bond acceptors (Lipinski definition) is 6. The fourth-order valence-electron chi connectivity index (χ4n) is 2.49. The number of aliphatic carboxylic acids is 1. The minimum atomic E-state index is -1.44. The first-order chi connectivity index (χ1) is 14.4. The molecule has 0 aliphatic heterocycles. The molecule has 0 bridgehead atoms. The van der Waals surface area contributed by atoms with Crippen molar-refractivity contribution in [3.05, 3.63) is 71.8 Å². The molecule has 0 unspecified atom stereocenters. The number of carbonyl (C=O) groups excluding carboxylic acids is 4. The number of ether oxygens (including phenoxy) is 1. The van der Waals surface area contributed by atoms with Gasteiger partial charge in [-0.3, -0.25) is 9.59 Å². The Bertz CT molecular complexity index is 858. The number of amides is 3. The van der Waals surface area contributed by atoms with Crippen LogP contribution in [0.1, 0.15) is 11.1 Å². The molecule has 2 aromatic rings. The Morgan fingerprint density at radius 1 is 0.833 bits per heavy atom. The number of carboxylic acid groups (broad SMARTS) is 1. The van der Waals surface area contributed by atoms with Gasteiger partial charge in [-0.05, 0) is 11.1 Å². The van der Waals surface area contributed by atoms with Crippen molar-refractivity contribution >= 4 is 23.9 Å². The third-order valence-corrected chi connectivity index (χ3v) is 3.96. The van der Waals surface area contributed by atoms with Gasteiger partial charge in [-0.25, -0.2) is 4.79 Å². The van der Waals surface area contributed by atoms with Crippen LogP contribution in [0.4, 0.5) is 4.79 Å². The van der Waals surface area contributed by atoms with Gasteiger partial charge < -0.3 is 30.6 Å². The fraction of sp³-hybridized carbons (Fsp3) is 0.238. The highest BCUT2D eigenvalue weighted by Crippen LogP contribution is 2.05. The van der Waals surface area contributed by atoms with E-state index >= 15 is 0 Å². The maximum absolute atomic E-state index is 12.5. The average Bonchev–Trinajstić information content (AvgIpc) is 2.75. The number of benzene rings is 2. The number of carbonyl (C=O) groups is 4. The van der Waals surface area contributed by atoms with Gasteiger partial charge in [0.1, 0.15) is 12.6 Å². The highest BCUT2D eigenvalue weighted by Gasteiger charge is 2.22. The molecule has 0 saturated heterocycles. The highest BCUT2D eigenvalue weighted by atomic mass is 16.5. The smallest absolute Gasteiger partial charge is 0.408 e. The molecule has 2 aromatic carbocycles. The lowest BCUT2D eigenvalue weighted by Gasteiger charge is -2.18. The van der Waals surface area contributed by atoms with Crippen molar-refractivity contribution in [2.75, 3.05) is 13.1 Å². The number of nitrogens with one attached hydrogen (secondary N) is 3. The zero-order valence-electron chi connectivity index (χ0n) is 16.1. The van der Waals surface area contributed by atoms with Crippen LogP contribution in [0, 0.1) is 0 Å². The Balaban J connectivity index is 1.93. The molecule has 0 heterocycles. The quantitative estimate of drug-likeness (QED) is 0.482. The fourth-order valence-corrected chi connectivity index (χ4v) is 2.49. The van der Waals surface area contributed by atoms with Crippen LogP contribution in [-0.2, 0) is 32.1 Å². The van der Waals surface area contributed by atoms with Crippen LogP contribution in [0.25, 0.3) is 0 Å². The molecule has 30 heavy (non-hydrogen) atoms. The summed E-state index contributed by atoms with van der Waals surface area (Å²) in [5, 5.41) is 17.3. The van der Waals surface area contributed by atoms with E-state index in [2.05, 4.69) is 16.0 Å². The third kappa shape index (κ3) is 8.42. The molecule has 9 heteroatoms. The third-order valence-electron chi connectivity index (χ3n) is 3.96. The number of hydrogen-bond donors (Lipinski definition) is 3. The van der Waals surface area contributed by atoms with Crippen molar-refractivity contribution in [3.63, 3.8) is 0 Å². The Labute approximate surface area is 173 Å². The van der Waals surface area contributed by atoms with Gasteiger partial charge in [-0.2, -0.15) is 0 Å². The molecule has 0 fully saturated rings. The summed E-state index contributed by atoms with van der Waals surface area (Å²) in [5.74, 6) is -2.75. The molecule has 2 rings (SSSR count). The topological polar surface area (TPSA) is 137 Å².